The first-order valence-corrected chi connectivity index (χ1v) is 13.1. The highest BCUT2D eigenvalue weighted by Gasteiger charge is 2.25. The Morgan fingerprint density at radius 2 is 1.94 bits per heavy atom. The Labute approximate surface area is 212 Å². The van der Waals surface area contributed by atoms with E-state index in [0.29, 0.717) is 27.5 Å². The topological polar surface area (TPSA) is 140 Å². The third kappa shape index (κ3) is 4.19. The normalized spacial score (nSPS) is 10.9. The van der Waals surface area contributed by atoms with Gasteiger partial charge in [-0.25, -0.2) is 9.97 Å². The summed E-state index contributed by atoms with van der Waals surface area (Å²) in [6, 6.07) is 11.6. The summed E-state index contributed by atoms with van der Waals surface area (Å²) in [6.45, 7) is 2.53. The quantitative estimate of drug-likeness (QED) is 0.257. The van der Waals surface area contributed by atoms with Crippen LogP contribution in [0, 0.1) is 11.3 Å². The van der Waals surface area contributed by atoms with Crippen molar-refractivity contribution in [3.63, 3.8) is 0 Å². The van der Waals surface area contributed by atoms with Crippen molar-refractivity contribution in [1.29, 1.82) is 5.26 Å². The number of amides is 1. The van der Waals surface area contributed by atoms with Gasteiger partial charge in [0.05, 0.1) is 18.0 Å². The Balaban J connectivity index is 1.47. The first kappa shape index (κ1) is 22.8. The van der Waals surface area contributed by atoms with E-state index in [2.05, 4.69) is 21.4 Å². The van der Waals surface area contributed by atoms with E-state index in [-0.39, 0.29) is 21.9 Å². The maximum absolute atomic E-state index is 13.2. The lowest BCUT2D eigenvalue weighted by Crippen LogP contribution is -2.11. The Morgan fingerprint density at radius 1 is 1.14 bits per heavy atom. The molecule has 0 saturated heterocycles. The molecular weight excluding hydrogens is 501 g/mol. The van der Waals surface area contributed by atoms with E-state index in [0.717, 1.165) is 33.9 Å². The number of nitriles is 1. The van der Waals surface area contributed by atoms with Crippen LogP contribution in [-0.2, 0) is 0 Å². The van der Waals surface area contributed by atoms with E-state index in [1.807, 2.05) is 53.4 Å². The number of thiazole rings is 1. The Kier molecular flexibility index (Phi) is 6.08. The van der Waals surface area contributed by atoms with Crippen molar-refractivity contribution in [2.45, 2.75) is 6.92 Å². The van der Waals surface area contributed by atoms with Crippen LogP contribution < -0.4 is 21.5 Å². The number of nitrogens with zero attached hydrogens (tertiary/aromatic N) is 3. The predicted octanol–water partition coefficient (Wildman–Crippen LogP) is 5.84. The smallest absolute Gasteiger partial charge is 0.269 e. The zero-order chi connectivity index (χ0) is 24.5. The zero-order valence-corrected chi connectivity index (χ0v) is 20.8. The molecule has 1 aromatic carbocycles. The minimum atomic E-state index is -0.397. The second-order valence-corrected chi connectivity index (χ2v) is 9.98. The Morgan fingerprint density at radius 3 is 2.63 bits per heavy atom. The third-order valence-electron chi connectivity index (χ3n) is 5.22. The summed E-state index contributed by atoms with van der Waals surface area (Å²) in [6.07, 6.45) is 0. The van der Waals surface area contributed by atoms with Gasteiger partial charge in [0.15, 0.2) is 5.13 Å². The molecule has 174 valence electrons. The molecule has 0 unspecified atom stereocenters. The third-order valence-corrected chi connectivity index (χ3v) is 7.76. The molecule has 0 fully saturated rings. The maximum atomic E-state index is 13.2. The highest BCUT2D eigenvalue weighted by atomic mass is 32.1. The molecule has 1 amide bonds. The molecule has 0 radical (unpaired) electrons. The number of nitrogens with two attached hydrogens (primary N) is 2. The Hall–Kier alpha value is -3.98. The molecule has 5 rings (SSSR count). The number of pyridine rings is 1. The number of fused-ring (bicyclic) bond motifs is 1. The van der Waals surface area contributed by atoms with Crippen LogP contribution >= 0.6 is 34.0 Å². The van der Waals surface area contributed by atoms with E-state index in [9.17, 15) is 10.1 Å². The predicted molar refractivity (Wildman–Crippen MR) is 143 cm³/mol. The van der Waals surface area contributed by atoms with Crippen LogP contribution in [0.15, 0.2) is 46.5 Å². The van der Waals surface area contributed by atoms with Gasteiger partial charge in [-0.05, 0) is 53.6 Å². The number of nitrogen functional groups attached to an aromatic ring is 2. The van der Waals surface area contributed by atoms with Crippen LogP contribution in [0.4, 0.5) is 16.6 Å². The molecule has 0 aliphatic carbocycles. The van der Waals surface area contributed by atoms with E-state index >= 15 is 0 Å². The van der Waals surface area contributed by atoms with Crippen LogP contribution in [0.3, 0.4) is 0 Å². The highest BCUT2D eigenvalue weighted by molar-refractivity contribution is 7.21. The number of thiophene rings is 2. The van der Waals surface area contributed by atoms with E-state index in [1.54, 1.807) is 0 Å². The molecule has 0 spiro atoms. The largest absolute Gasteiger partial charge is 0.494 e. The number of aromatic nitrogens is 2. The summed E-state index contributed by atoms with van der Waals surface area (Å²) in [7, 11) is 0. The minimum Gasteiger partial charge on any atom is -0.494 e. The van der Waals surface area contributed by atoms with E-state index < -0.39 is 5.91 Å². The van der Waals surface area contributed by atoms with Crippen molar-refractivity contribution in [3.8, 4) is 34.2 Å². The lowest BCUT2D eigenvalue weighted by molar-refractivity contribution is 0.103. The lowest BCUT2D eigenvalue weighted by Gasteiger charge is -2.07. The van der Waals surface area contributed by atoms with Gasteiger partial charge < -0.3 is 16.2 Å². The number of carbonyl (C=O) groups is 1. The van der Waals surface area contributed by atoms with Crippen LogP contribution in [-0.4, -0.2) is 22.5 Å². The molecule has 5 aromatic rings. The van der Waals surface area contributed by atoms with Crippen molar-refractivity contribution < 1.29 is 9.53 Å². The standard InChI is InChI=1S/C24H18N6O2S3/c1-2-32-14-5-3-12(4-6-14)16-11-34-24(28-16)30-22(31)20-19(26)18-17(13-7-8-33-10-13)15(9-25)21(27)29-23(18)35-20/h3-8,10-11H,2,26H2,1H3,(H2,27,29)(H,28,30,31). The van der Waals surface area contributed by atoms with Crippen molar-refractivity contribution >= 4 is 66.8 Å². The van der Waals surface area contributed by atoms with Gasteiger partial charge >= 0.3 is 0 Å². The van der Waals surface area contributed by atoms with Crippen LogP contribution in [0.1, 0.15) is 22.2 Å². The number of carbonyl (C=O) groups excluding carboxylic acids is 1. The van der Waals surface area contributed by atoms with Gasteiger partial charge in [0.1, 0.15) is 32.9 Å². The SMILES string of the molecule is CCOc1ccc(-c2csc(NC(=O)c3sc4nc(N)c(C#N)c(-c5ccsc5)c4c3N)n2)cc1. The summed E-state index contributed by atoms with van der Waals surface area (Å²) < 4.78 is 5.48. The van der Waals surface area contributed by atoms with E-state index in [1.165, 1.54) is 22.7 Å². The number of benzene rings is 1. The fraction of sp³-hybridized carbons (Fsp3) is 0.0833. The van der Waals surface area contributed by atoms with Gasteiger partial charge in [-0.2, -0.15) is 16.6 Å². The van der Waals surface area contributed by atoms with Crippen molar-refractivity contribution in [1.82, 2.24) is 9.97 Å². The van der Waals surface area contributed by atoms with Gasteiger partial charge in [0.2, 0.25) is 0 Å². The number of hydrogen-bond acceptors (Lipinski definition) is 10. The second kappa shape index (κ2) is 9.34. The molecule has 8 nitrogen and oxygen atoms in total. The van der Waals surface area contributed by atoms with Gasteiger partial charge in [-0.15, -0.1) is 22.7 Å². The number of ether oxygens (including phenoxy) is 1. The average molecular weight is 519 g/mol. The summed E-state index contributed by atoms with van der Waals surface area (Å²) >= 11 is 3.94. The van der Waals surface area contributed by atoms with Gasteiger partial charge in [0, 0.05) is 21.9 Å². The molecule has 0 saturated carbocycles. The number of rotatable bonds is 6. The number of anilines is 3. The molecule has 4 aromatic heterocycles. The van der Waals surface area contributed by atoms with Gasteiger partial charge in [-0.1, -0.05) is 0 Å². The number of nitrogens with one attached hydrogen (secondary N) is 1. The molecular formula is C24H18N6O2S3. The van der Waals surface area contributed by atoms with Crippen molar-refractivity contribution in [2.75, 3.05) is 23.4 Å². The molecule has 5 N–H and O–H groups in total. The first-order chi connectivity index (χ1) is 17.0. The van der Waals surface area contributed by atoms with Crippen molar-refractivity contribution in [3.05, 3.63) is 56.9 Å². The molecule has 35 heavy (non-hydrogen) atoms. The second-order valence-electron chi connectivity index (χ2n) is 7.35. The molecule has 0 atom stereocenters. The maximum Gasteiger partial charge on any atom is 0.269 e. The monoisotopic (exact) mass is 518 g/mol. The molecule has 0 aliphatic rings. The van der Waals surface area contributed by atoms with Crippen LogP contribution in [0.5, 0.6) is 5.75 Å². The lowest BCUT2D eigenvalue weighted by atomic mass is 9.99. The molecule has 4 heterocycles. The highest BCUT2D eigenvalue weighted by Crippen LogP contribution is 2.43. The minimum absolute atomic E-state index is 0.106. The fourth-order valence-corrected chi connectivity index (χ4v) is 6.02. The first-order valence-electron chi connectivity index (χ1n) is 10.4. The zero-order valence-electron chi connectivity index (χ0n) is 18.4. The summed E-state index contributed by atoms with van der Waals surface area (Å²) in [5, 5.41) is 19.2. The van der Waals surface area contributed by atoms with E-state index in [4.69, 9.17) is 16.2 Å². The molecule has 0 bridgehead atoms. The van der Waals surface area contributed by atoms with Gasteiger partial charge in [0.25, 0.3) is 5.91 Å². The van der Waals surface area contributed by atoms with Crippen molar-refractivity contribution in [2.24, 2.45) is 0 Å². The summed E-state index contributed by atoms with van der Waals surface area (Å²) in [5.41, 5.74) is 16.1. The van der Waals surface area contributed by atoms with Crippen LogP contribution in [0.2, 0.25) is 0 Å². The summed E-state index contributed by atoms with van der Waals surface area (Å²) in [5.74, 6) is 0.497. The molecule has 0 aliphatic heterocycles. The average Bonchev–Trinajstić information content (AvgIpc) is 3.60. The van der Waals surface area contributed by atoms with Gasteiger partial charge in [-0.3, -0.25) is 10.1 Å². The Bertz CT molecular complexity index is 1580. The number of hydrogen-bond donors (Lipinski definition) is 3. The molecule has 11 heteroatoms. The summed E-state index contributed by atoms with van der Waals surface area (Å²) in [4.78, 5) is 22.8. The fourth-order valence-electron chi connectivity index (χ4n) is 3.65. The van der Waals surface area contributed by atoms with Crippen LogP contribution in [0.25, 0.3) is 32.6 Å².